The normalized spacial score (nSPS) is 30.2. The van der Waals surface area contributed by atoms with Crippen LogP contribution >= 0.6 is 0 Å². The second kappa shape index (κ2) is 3.82. The van der Waals surface area contributed by atoms with Crippen molar-refractivity contribution in [1.82, 2.24) is 10.2 Å². The Morgan fingerprint density at radius 1 is 1.43 bits per heavy atom. The van der Waals surface area contributed by atoms with Crippen molar-refractivity contribution in [3.63, 3.8) is 0 Å². The number of piperazine rings is 1. The summed E-state index contributed by atoms with van der Waals surface area (Å²) in [7, 11) is 0. The third-order valence-electron chi connectivity index (χ3n) is 3.60. The minimum Gasteiger partial charge on any atom is -0.309 e. The molecule has 2 fully saturated rings. The Kier molecular flexibility index (Phi) is 2.85. The molecule has 1 saturated heterocycles. The Morgan fingerprint density at radius 2 is 2.14 bits per heavy atom. The summed E-state index contributed by atoms with van der Waals surface area (Å²) in [5.74, 6) is 1.06. The molecule has 1 aliphatic carbocycles. The van der Waals surface area contributed by atoms with Crippen LogP contribution in [0.15, 0.2) is 0 Å². The molecule has 82 valence electrons. The summed E-state index contributed by atoms with van der Waals surface area (Å²) in [6.07, 6.45) is 4.40. The molecule has 1 N–H and O–H groups in total. The fraction of sp³-hybridized carbons (Fsp3) is 1.00. The lowest BCUT2D eigenvalue weighted by Gasteiger charge is -2.42. The van der Waals surface area contributed by atoms with E-state index < -0.39 is 0 Å². The van der Waals surface area contributed by atoms with Crippen LogP contribution in [0.4, 0.5) is 0 Å². The highest BCUT2D eigenvalue weighted by Crippen LogP contribution is 2.34. The molecule has 1 aliphatic heterocycles. The molecule has 1 unspecified atom stereocenters. The summed E-state index contributed by atoms with van der Waals surface area (Å²) in [5.41, 5.74) is 0.316. The number of rotatable bonds is 3. The molecule has 1 heterocycles. The lowest BCUT2D eigenvalue weighted by atomic mass is 9.99. The van der Waals surface area contributed by atoms with E-state index in [1.54, 1.807) is 0 Å². The van der Waals surface area contributed by atoms with Crippen LogP contribution < -0.4 is 5.32 Å². The van der Waals surface area contributed by atoms with E-state index in [1.807, 2.05) is 0 Å². The van der Waals surface area contributed by atoms with Crippen LogP contribution in [0.3, 0.4) is 0 Å². The first-order chi connectivity index (χ1) is 6.57. The third kappa shape index (κ3) is 2.71. The lowest BCUT2D eigenvalue weighted by Crippen LogP contribution is -2.58. The molecular weight excluding hydrogens is 172 g/mol. The Morgan fingerprint density at radius 3 is 2.71 bits per heavy atom. The van der Waals surface area contributed by atoms with Gasteiger partial charge in [0, 0.05) is 31.2 Å². The molecule has 0 amide bonds. The SMILES string of the molecule is CC(CC1CC1)N1CCNC(C)(C)C1. The molecule has 2 rings (SSSR count). The van der Waals surface area contributed by atoms with E-state index in [1.165, 1.54) is 32.4 Å². The molecular formula is C12H24N2. The fourth-order valence-corrected chi connectivity index (χ4v) is 2.54. The molecule has 1 atom stereocenters. The standard InChI is InChI=1S/C12H24N2/c1-10(8-11-4-5-11)14-7-6-13-12(2,3)9-14/h10-11,13H,4-9H2,1-3H3. The van der Waals surface area contributed by atoms with Gasteiger partial charge in [-0.1, -0.05) is 12.8 Å². The second-order valence-electron chi connectivity index (χ2n) is 5.81. The predicted molar refractivity (Wildman–Crippen MR) is 60.5 cm³/mol. The van der Waals surface area contributed by atoms with Crippen LogP contribution in [0.1, 0.15) is 40.0 Å². The molecule has 0 aromatic heterocycles. The van der Waals surface area contributed by atoms with E-state index in [4.69, 9.17) is 0 Å². The van der Waals surface area contributed by atoms with Gasteiger partial charge in [0.05, 0.1) is 0 Å². The highest BCUT2D eigenvalue weighted by molar-refractivity contribution is 4.90. The Balaban J connectivity index is 1.83. The van der Waals surface area contributed by atoms with Crippen molar-refractivity contribution < 1.29 is 0 Å². The van der Waals surface area contributed by atoms with Crippen LogP contribution in [-0.4, -0.2) is 36.1 Å². The smallest absolute Gasteiger partial charge is 0.0252 e. The average molecular weight is 196 g/mol. The van der Waals surface area contributed by atoms with Crippen LogP contribution in [0.2, 0.25) is 0 Å². The summed E-state index contributed by atoms with van der Waals surface area (Å²) in [6.45, 7) is 10.6. The van der Waals surface area contributed by atoms with Gasteiger partial charge in [0.2, 0.25) is 0 Å². The molecule has 1 saturated carbocycles. The van der Waals surface area contributed by atoms with Gasteiger partial charge >= 0.3 is 0 Å². The van der Waals surface area contributed by atoms with Gasteiger partial charge in [0.25, 0.3) is 0 Å². The van der Waals surface area contributed by atoms with Crippen molar-refractivity contribution in [1.29, 1.82) is 0 Å². The van der Waals surface area contributed by atoms with E-state index in [-0.39, 0.29) is 0 Å². The van der Waals surface area contributed by atoms with Gasteiger partial charge in [0.1, 0.15) is 0 Å². The molecule has 0 spiro atoms. The fourth-order valence-electron chi connectivity index (χ4n) is 2.54. The molecule has 0 aromatic carbocycles. The molecule has 0 radical (unpaired) electrons. The van der Waals surface area contributed by atoms with Crippen molar-refractivity contribution in [3.8, 4) is 0 Å². The predicted octanol–water partition coefficient (Wildman–Crippen LogP) is 1.86. The van der Waals surface area contributed by atoms with E-state index in [0.717, 1.165) is 18.5 Å². The summed E-state index contributed by atoms with van der Waals surface area (Å²) < 4.78 is 0. The summed E-state index contributed by atoms with van der Waals surface area (Å²) in [5, 5.41) is 3.57. The van der Waals surface area contributed by atoms with Crippen molar-refractivity contribution in [3.05, 3.63) is 0 Å². The number of hydrogen-bond acceptors (Lipinski definition) is 2. The minimum atomic E-state index is 0.316. The highest BCUT2D eigenvalue weighted by atomic mass is 15.2. The summed E-state index contributed by atoms with van der Waals surface area (Å²) >= 11 is 0. The molecule has 0 aromatic rings. The van der Waals surface area contributed by atoms with Crippen molar-refractivity contribution in [2.24, 2.45) is 5.92 Å². The zero-order valence-corrected chi connectivity index (χ0v) is 9.84. The number of nitrogens with zero attached hydrogens (tertiary/aromatic N) is 1. The topological polar surface area (TPSA) is 15.3 Å². The van der Waals surface area contributed by atoms with Gasteiger partial charge in [-0.2, -0.15) is 0 Å². The molecule has 0 bridgehead atoms. The van der Waals surface area contributed by atoms with E-state index in [0.29, 0.717) is 5.54 Å². The Bertz CT molecular complexity index is 196. The highest BCUT2D eigenvalue weighted by Gasteiger charge is 2.31. The van der Waals surface area contributed by atoms with Crippen molar-refractivity contribution >= 4 is 0 Å². The van der Waals surface area contributed by atoms with Crippen LogP contribution in [0, 0.1) is 5.92 Å². The Labute approximate surface area is 88.1 Å². The largest absolute Gasteiger partial charge is 0.309 e. The molecule has 2 aliphatic rings. The lowest BCUT2D eigenvalue weighted by molar-refractivity contribution is 0.109. The van der Waals surface area contributed by atoms with Gasteiger partial charge in [-0.15, -0.1) is 0 Å². The van der Waals surface area contributed by atoms with Crippen molar-refractivity contribution in [2.45, 2.75) is 51.6 Å². The maximum absolute atomic E-state index is 3.57. The van der Waals surface area contributed by atoms with Gasteiger partial charge < -0.3 is 5.32 Å². The molecule has 2 heteroatoms. The van der Waals surface area contributed by atoms with E-state index >= 15 is 0 Å². The van der Waals surface area contributed by atoms with Crippen LogP contribution in [0.5, 0.6) is 0 Å². The first-order valence-electron chi connectivity index (χ1n) is 6.06. The van der Waals surface area contributed by atoms with Gasteiger partial charge in [-0.25, -0.2) is 0 Å². The second-order valence-corrected chi connectivity index (χ2v) is 5.81. The third-order valence-corrected chi connectivity index (χ3v) is 3.60. The van der Waals surface area contributed by atoms with Crippen LogP contribution in [0.25, 0.3) is 0 Å². The number of nitrogens with one attached hydrogen (secondary N) is 1. The summed E-state index contributed by atoms with van der Waals surface area (Å²) in [4.78, 5) is 2.66. The first kappa shape index (κ1) is 10.4. The summed E-state index contributed by atoms with van der Waals surface area (Å²) in [6, 6.07) is 0.795. The minimum absolute atomic E-state index is 0.316. The van der Waals surface area contributed by atoms with Crippen LogP contribution in [-0.2, 0) is 0 Å². The maximum Gasteiger partial charge on any atom is 0.0252 e. The van der Waals surface area contributed by atoms with Gasteiger partial charge in [0.15, 0.2) is 0 Å². The van der Waals surface area contributed by atoms with Gasteiger partial charge in [-0.05, 0) is 33.1 Å². The van der Waals surface area contributed by atoms with E-state index in [9.17, 15) is 0 Å². The maximum atomic E-state index is 3.57. The zero-order valence-electron chi connectivity index (χ0n) is 9.84. The van der Waals surface area contributed by atoms with Crippen molar-refractivity contribution in [2.75, 3.05) is 19.6 Å². The van der Waals surface area contributed by atoms with E-state index in [2.05, 4.69) is 31.0 Å². The number of hydrogen-bond donors (Lipinski definition) is 1. The molecule has 2 nitrogen and oxygen atoms in total. The monoisotopic (exact) mass is 196 g/mol. The zero-order chi connectivity index (χ0) is 10.2. The average Bonchev–Trinajstić information content (AvgIpc) is 2.86. The molecule has 14 heavy (non-hydrogen) atoms. The first-order valence-corrected chi connectivity index (χ1v) is 6.06. The van der Waals surface area contributed by atoms with Gasteiger partial charge in [-0.3, -0.25) is 4.90 Å². The Hall–Kier alpha value is -0.0800. The quantitative estimate of drug-likeness (QED) is 0.741.